The molecule has 7 nitrogen and oxygen atoms in total. The molecule has 0 aliphatic carbocycles. The average Bonchev–Trinajstić information content (AvgIpc) is 2.84. The van der Waals surface area contributed by atoms with Crippen LogP contribution < -0.4 is 10.2 Å². The van der Waals surface area contributed by atoms with Crippen LogP contribution in [0, 0.1) is 18.3 Å². The third-order valence-electron chi connectivity index (χ3n) is 5.27. The first-order valence-corrected chi connectivity index (χ1v) is 10.8. The number of nitriles is 1. The summed E-state index contributed by atoms with van der Waals surface area (Å²) in [6, 6.07) is 18.9. The predicted molar refractivity (Wildman–Crippen MR) is 125 cm³/mol. The van der Waals surface area contributed by atoms with Crippen molar-refractivity contribution in [2.45, 2.75) is 6.92 Å². The quantitative estimate of drug-likeness (QED) is 0.620. The molecular formula is C24H20N4O3S. The van der Waals surface area contributed by atoms with E-state index in [9.17, 15) is 14.3 Å². The lowest BCUT2D eigenvalue weighted by Crippen LogP contribution is -2.40. The first-order chi connectivity index (χ1) is 15.6. The van der Waals surface area contributed by atoms with E-state index < -0.39 is 0 Å². The molecule has 160 valence electrons. The van der Waals surface area contributed by atoms with Gasteiger partial charge in [0.1, 0.15) is 11.3 Å². The molecule has 0 saturated carbocycles. The number of benzene rings is 2. The lowest BCUT2D eigenvalue weighted by molar-refractivity contribution is 0.102. The van der Waals surface area contributed by atoms with Gasteiger partial charge in [-0.1, -0.05) is 36.4 Å². The lowest BCUT2D eigenvalue weighted by atomic mass is 9.92. The maximum Gasteiger partial charge on any atom is 0.257 e. The Balaban J connectivity index is 1.70. The van der Waals surface area contributed by atoms with Gasteiger partial charge in [0.2, 0.25) is 0 Å². The summed E-state index contributed by atoms with van der Waals surface area (Å²) in [5, 5.41) is 12.9. The number of pyridine rings is 1. The first kappa shape index (κ1) is 21.4. The smallest absolute Gasteiger partial charge is 0.257 e. The second-order valence-corrected chi connectivity index (χ2v) is 7.81. The summed E-state index contributed by atoms with van der Waals surface area (Å²) in [5.41, 5.74) is 3.71. The largest absolute Gasteiger partial charge is 0.345 e. The van der Waals surface area contributed by atoms with Crippen molar-refractivity contribution in [3.63, 3.8) is 0 Å². The van der Waals surface area contributed by atoms with Crippen LogP contribution in [-0.4, -0.2) is 39.8 Å². The van der Waals surface area contributed by atoms with Crippen LogP contribution in [0.5, 0.6) is 0 Å². The van der Waals surface area contributed by atoms with E-state index >= 15 is 0 Å². The molecule has 1 fully saturated rings. The van der Waals surface area contributed by atoms with Crippen molar-refractivity contribution in [1.29, 1.82) is 5.26 Å². The molecule has 0 atom stereocenters. The van der Waals surface area contributed by atoms with Crippen LogP contribution in [0.2, 0.25) is 0 Å². The van der Waals surface area contributed by atoms with Crippen LogP contribution in [0.3, 0.4) is 0 Å². The van der Waals surface area contributed by atoms with E-state index in [1.165, 1.54) is 0 Å². The minimum absolute atomic E-state index is 0.292. The normalized spacial score (nSPS) is 13.4. The fourth-order valence-corrected chi connectivity index (χ4v) is 4.08. The van der Waals surface area contributed by atoms with E-state index in [1.807, 2.05) is 48.2 Å². The van der Waals surface area contributed by atoms with Crippen LogP contribution in [-0.2, 0) is 16.0 Å². The van der Waals surface area contributed by atoms with E-state index in [2.05, 4.69) is 16.4 Å². The molecule has 1 saturated heterocycles. The number of aromatic nitrogens is 1. The zero-order valence-corrected chi connectivity index (χ0v) is 18.2. The fourth-order valence-electron chi connectivity index (χ4n) is 3.74. The molecule has 1 N–H and O–H groups in total. The zero-order chi connectivity index (χ0) is 22.5. The Morgan fingerprint density at radius 2 is 2.00 bits per heavy atom. The number of ether oxygens (including phenoxy) is 1. The number of amides is 1. The van der Waals surface area contributed by atoms with Crippen LogP contribution in [0.1, 0.15) is 21.5 Å². The number of hydrogen-bond acceptors (Lipinski definition) is 6. The molecule has 2 aromatic carbocycles. The molecular weight excluding hydrogens is 424 g/mol. The van der Waals surface area contributed by atoms with Crippen molar-refractivity contribution in [3.8, 4) is 17.2 Å². The summed E-state index contributed by atoms with van der Waals surface area (Å²) < 4.78 is 16.5. The summed E-state index contributed by atoms with van der Waals surface area (Å²) in [6.07, 6.45) is 1.63. The molecule has 0 radical (unpaired) electrons. The van der Waals surface area contributed by atoms with Crippen molar-refractivity contribution in [2.75, 3.05) is 29.9 Å². The van der Waals surface area contributed by atoms with Crippen LogP contribution in [0.4, 0.5) is 11.5 Å². The SMILES string of the molecule is Cc1c(-c2ccccc2)ccc(C#N)c1C(=O)Nc1cccnc1N1CCOC(=S=O)C1. The van der Waals surface area contributed by atoms with Gasteiger partial charge in [0, 0.05) is 12.7 Å². The highest BCUT2D eigenvalue weighted by Crippen LogP contribution is 2.30. The maximum absolute atomic E-state index is 13.4. The summed E-state index contributed by atoms with van der Waals surface area (Å²) in [6.45, 7) is 3.04. The second kappa shape index (κ2) is 9.56. The number of morpholine rings is 1. The molecule has 32 heavy (non-hydrogen) atoms. The molecule has 8 heteroatoms. The van der Waals surface area contributed by atoms with Crippen molar-refractivity contribution in [1.82, 2.24) is 4.98 Å². The number of hydrogen-bond donors (Lipinski definition) is 1. The van der Waals surface area contributed by atoms with Crippen LogP contribution in [0.25, 0.3) is 11.1 Å². The van der Waals surface area contributed by atoms with E-state index in [1.54, 1.807) is 24.4 Å². The van der Waals surface area contributed by atoms with Gasteiger partial charge in [-0.05, 0) is 41.8 Å². The predicted octanol–water partition coefficient (Wildman–Crippen LogP) is 3.36. The van der Waals surface area contributed by atoms with Gasteiger partial charge in [0.05, 0.1) is 36.0 Å². The molecule has 0 unspecified atom stereocenters. The third-order valence-corrected chi connectivity index (χ3v) is 5.70. The summed E-state index contributed by atoms with van der Waals surface area (Å²) in [5.74, 6) is 0.160. The van der Waals surface area contributed by atoms with Crippen LogP contribution in [0.15, 0.2) is 60.8 Å². The molecule has 0 spiro atoms. The molecule has 1 aromatic heterocycles. The zero-order valence-electron chi connectivity index (χ0n) is 17.4. The Kier molecular flexibility index (Phi) is 6.40. The molecule has 1 aliphatic rings. The Morgan fingerprint density at radius 3 is 2.75 bits per heavy atom. The van der Waals surface area contributed by atoms with E-state index in [-0.39, 0.29) is 5.91 Å². The van der Waals surface area contributed by atoms with Gasteiger partial charge in [-0.3, -0.25) is 4.79 Å². The summed E-state index contributed by atoms with van der Waals surface area (Å²) in [7, 11) is 0. The average molecular weight is 445 g/mol. The highest BCUT2D eigenvalue weighted by molar-refractivity contribution is 7.66. The molecule has 1 aliphatic heterocycles. The molecule has 1 amide bonds. The van der Waals surface area contributed by atoms with Gasteiger partial charge in [-0.25, -0.2) is 9.19 Å². The number of anilines is 2. The summed E-state index contributed by atoms with van der Waals surface area (Å²) in [4.78, 5) is 19.7. The lowest BCUT2D eigenvalue weighted by Gasteiger charge is -2.29. The molecule has 3 aromatic rings. The van der Waals surface area contributed by atoms with Gasteiger partial charge in [0.25, 0.3) is 5.91 Å². The number of carbonyl (C=O) groups excluding carboxylic acids is 1. The third kappa shape index (κ3) is 4.30. The number of carbonyl (C=O) groups is 1. The highest BCUT2D eigenvalue weighted by atomic mass is 32.1. The highest BCUT2D eigenvalue weighted by Gasteiger charge is 2.23. The summed E-state index contributed by atoms with van der Waals surface area (Å²) >= 11 is 0.319. The van der Waals surface area contributed by atoms with E-state index in [0.29, 0.717) is 58.6 Å². The Hall–Kier alpha value is -3.80. The molecule has 2 heterocycles. The van der Waals surface area contributed by atoms with Crippen LogP contribution >= 0.6 is 0 Å². The van der Waals surface area contributed by atoms with E-state index in [0.717, 1.165) is 16.7 Å². The van der Waals surface area contributed by atoms with Gasteiger partial charge in [-0.2, -0.15) is 5.26 Å². The number of nitrogens with one attached hydrogen (secondary N) is 1. The first-order valence-electron chi connectivity index (χ1n) is 10.0. The second-order valence-electron chi connectivity index (χ2n) is 7.19. The fraction of sp³-hybridized carbons (Fsp3) is 0.167. The standard InChI is InChI=1S/C24H20N4O3S/c1-16-19(17-6-3-2-4-7-17)10-9-18(14-25)22(16)24(29)27-20-8-5-11-26-23(20)28-12-13-31-21(15-28)32-30/h2-11H,12-13,15H2,1H3,(H,27,29). The monoisotopic (exact) mass is 444 g/mol. The Labute approximate surface area is 189 Å². The number of nitrogens with zero attached hydrogens (tertiary/aromatic N) is 3. The minimum atomic E-state index is -0.387. The Bertz CT molecular complexity index is 1260. The van der Waals surface area contributed by atoms with E-state index in [4.69, 9.17) is 4.74 Å². The molecule has 0 bridgehead atoms. The number of rotatable bonds is 4. The van der Waals surface area contributed by atoms with Crippen molar-refractivity contribution in [2.24, 2.45) is 0 Å². The minimum Gasteiger partial charge on any atom is -0.345 e. The van der Waals surface area contributed by atoms with Crippen molar-refractivity contribution in [3.05, 3.63) is 77.5 Å². The van der Waals surface area contributed by atoms with Crippen molar-refractivity contribution >= 4 is 33.7 Å². The molecule has 4 rings (SSSR count). The van der Waals surface area contributed by atoms with Gasteiger partial charge in [-0.15, -0.1) is 0 Å². The topological polar surface area (TPSA) is 95.3 Å². The van der Waals surface area contributed by atoms with Gasteiger partial charge < -0.3 is 15.0 Å². The van der Waals surface area contributed by atoms with Gasteiger partial charge in [0.15, 0.2) is 10.9 Å². The van der Waals surface area contributed by atoms with Crippen molar-refractivity contribution < 1.29 is 13.7 Å². The Morgan fingerprint density at radius 1 is 1.19 bits per heavy atom. The maximum atomic E-state index is 13.4. The van der Waals surface area contributed by atoms with Gasteiger partial charge >= 0.3 is 0 Å².